The van der Waals surface area contributed by atoms with E-state index in [9.17, 15) is 20.1 Å². The molecule has 1 aromatic carbocycles. The van der Waals surface area contributed by atoms with Crippen molar-refractivity contribution in [1.29, 1.82) is 0 Å². The summed E-state index contributed by atoms with van der Waals surface area (Å²) in [5, 5.41) is 31.7. The molecule has 0 fully saturated rings. The molecule has 30 heavy (non-hydrogen) atoms. The van der Waals surface area contributed by atoms with Gasteiger partial charge in [0.05, 0.1) is 30.9 Å². The number of ether oxygens (including phenoxy) is 1. The Bertz CT molecular complexity index is 835. The first-order chi connectivity index (χ1) is 14.5. The summed E-state index contributed by atoms with van der Waals surface area (Å²) in [4.78, 5) is 15.6. The Balaban J connectivity index is 2.11. The van der Waals surface area contributed by atoms with Crippen LogP contribution in [-0.2, 0) is 9.53 Å². The van der Waals surface area contributed by atoms with Gasteiger partial charge in [0, 0.05) is 18.0 Å². The van der Waals surface area contributed by atoms with Crippen LogP contribution < -0.4 is 0 Å². The molecule has 164 valence electrons. The van der Waals surface area contributed by atoms with Gasteiger partial charge in [-0.3, -0.25) is 9.78 Å². The number of carbonyl (C=O) groups is 1. The predicted octanol–water partition coefficient (Wildman–Crippen LogP) is 3.93. The van der Waals surface area contributed by atoms with E-state index < -0.39 is 18.3 Å². The van der Waals surface area contributed by atoms with E-state index >= 15 is 0 Å². The Hall–Kier alpha value is -2.28. The number of methoxy groups -OCH3 is 1. The van der Waals surface area contributed by atoms with Gasteiger partial charge >= 0.3 is 5.97 Å². The van der Waals surface area contributed by atoms with Crippen molar-refractivity contribution in [2.75, 3.05) is 7.11 Å². The zero-order valence-corrected chi connectivity index (χ0v) is 17.8. The van der Waals surface area contributed by atoms with E-state index in [2.05, 4.69) is 16.6 Å². The Kier molecular flexibility index (Phi) is 9.94. The molecule has 3 atom stereocenters. The maximum atomic E-state index is 11.2. The van der Waals surface area contributed by atoms with Crippen molar-refractivity contribution in [1.82, 2.24) is 4.98 Å². The highest BCUT2D eigenvalue weighted by molar-refractivity contribution is 5.88. The predicted molar refractivity (Wildman–Crippen MR) is 118 cm³/mol. The number of esters is 1. The number of hydrogen-bond acceptors (Lipinski definition) is 6. The van der Waals surface area contributed by atoms with Gasteiger partial charge in [0.2, 0.25) is 0 Å². The fourth-order valence-electron chi connectivity index (χ4n) is 3.35. The molecule has 1 unspecified atom stereocenters. The number of unbranched alkanes of at least 4 members (excludes halogenated alkanes) is 2. The average molecular weight is 416 g/mol. The second-order valence-corrected chi connectivity index (χ2v) is 7.57. The van der Waals surface area contributed by atoms with Crippen LogP contribution in [0.1, 0.15) is 69.1 Å². The minimum Gasteiger partial charge on any atom is -0.469 e. The van der Waals surface area contributed by atoms with Gasteiger partial charge in [0.1, 0.15) is 0 Å². The Morgan fingerprint density at radius 1 is 1.13 bits per heavy atom. The van der Waals surface area contributed by atoms with Gasteiger partial charge in [-0.25, -0.2) is 0 Å². The second-order valence-electron chi connectivity index (χ2n) is 7.57. The lowest BCUT2D eigenvalue weighted by Crippen LogP contribution is -2.23. The summed E-state index contributed by atoms with van der Waals surface area (Å²) in [5.74, 6) is -0.284. The van der Waals surface area contributed by atoms with Gasteiger partial charge in [0.15, 0.2) is 0 Å². The van der Waals surface area contributed by atoms with E-state index in [0.717, 1.165) is 41.3 Å². The van der Waals surface area contributed by atoms with Gasteiger partial charge in [-0.05, 0) is 48.6 Å². The van der Waals surface area contributed by atoms with Crippen LogP contribution in [0.2, 0.25) is 0 Å². The number of hydrogen-bond donors (Lipinski definition) is 3. The van der Waals surface area contributed by atoms with Crippen molar-refractivity contribution in [2.24, 2.45) is 0 Å². The molecular formula is C24H33NO5. The van der Waals surface area contributed by atoms with Gasteiger partial charge in [0.25, 0.3) is 0 Å². The second kappa shape index (κ2) is 12.4. The highest BCUT2D eigenvalue weighted by atomic mass is 16.5. The van der Waals surface area contributed by atoms with Gasteiger partial charge < -0.3 is 20.1 Å². The molecule has 1 heterocycles. The van der Waals surface area contributed by atoms with Crippen molar-refractivity contribution >= 4 is 22.9 Å². The molecule has 6 heteroatoms. The van der Waals surface area contributed by atoms with Gasteiger partial charge in [-0.1, -0.05) is 44.4 Å². The smallest absolute Gasteiger partial charge is 0.305 e. The highest BCUT2D eigenvalue weighted by Crippen LogP contribution is 2.26. The molecule has 0 aliphatic heterocycles. The molecule has 0 spiro atoms. The third kappa shape index (κ3) is 7.20. The minimum absolute atomic E-state index is 0.273. The molecule has 6 nitrogen and oxygen atoms in total. The fourth-order valence-corrected chi connectivity index (χ4v) is 3.35. The van der Waals surface area contributed by atoms with Crippen molar-refractivity contribution in [3.8, 4) is 0 Å². The topological polar surface area (TPSA) is 99.9 Å². The zero-order chi connectivity index (χ0) is 21.9. The summed E-state index contributed by atoms with van der Waals surface area (Å²) in [7, 11) is 1.35. The summed E-state index contributed by atoms with van der Waals surface area (Å²) in [6.07, 6.45) is 7.49. The highest BCUT2D eigenvalue weighted by Gasteiger charge is 2.14. The minimum atomic E-state index is -0.933. The van der Waals surface area contributed by atoms with E-state index in [4.69, 9.17) is 0 Å². The van der Waals surface area contributed by atoms with Crippen molar-refractivity contribution in [2.45, 2.75) is 70.2 Å². The number of fused-ring (bicyclic) bond motifs is 1. The lowest BCUT2D eigenvalue weighted by atomic mass is 9.99. The molecule has 3 N–H and O–H groups in total. The molecule has 1 aromatic heterocycles. The molecule has 0 saturated carbocycles. The van der Waals surface area contributed by atoms with Crippen LogP contribution in [0.3, 0.4) is 0 Å². The molecule has 2 aromatic rings. The molecule has 2 rings (SSSR count). The van der Waals surface area contributed by atoms with Crippen LogP contribution in [0.15, 0.2) is 36.5 Å². The quantitative estimate of drug-likeness (QED) is 0.359. The lowest BCUT2D eigenvalue weighted by molar-refractivity contribution is -0.140. The maximum absolute atomic E-state index is 11.2. The monoisotopic (exact) mass is 415 g/mol. The Morgan fingerprint density at radius 2 is 1.93 bits per heavy atom. The summed E-state index contributed by atoms with van der Waals surface area (Å²) < 4.78 is 4.63. The first-order valence-electron chi connectivity index (χ1n) is 10.6. The number of aliphatic hydroxyl groups excluding tert-OH is 3. The number of carbonyl (C=O) groups excluding carboxylic acids is 1. The largest absolute Gasteiger partial charge is 0.469 e. The van der Waals surface area contributed by atoms with Gasteiger partial charge in [-0.15, -0.1) is 0 Å². The van der Waals surface area contributed by atoms with Crippen LogP contribution in [-0.4, -0.2) is 45.6 Å². The molecule has 0 aliphatic rings. The van der Waals surface area contributed by atoms with Crippen molar-refractivity contribution in [3.05, 3.63) is 47.7 Å². The molecule has 0 aliphatic carbocycles. The molecule has 0 saturated heterocycles. The van der Waals surface area contributed by atoms with E-state index in [-0.39, 0.29) is 12.4 Å². The number of aliphatic hydroxyl groups is 3. The van der Waals surface area contributed by atoms with Crippen molar-refractivity contribution in [3.63, 3.8) is 0 Å². The first kappa shape index (κ1) is 24.0. The van der Waals surface area contributed by atoms with E-state index in [0.29, 0.717) is 19.3 Å². The van der Waals surface area contributed by atoms with E-state index in [1.54, 1.807) is 18.3 Å². The normalized spacial score (nSPS) is 14.7. The third-order valence-corrected chi connectivity index (χ3v) is 5.24. The number of benzene rings is 1. The first-order valence-corrected chi connectivity index (χ1v) is 10.6. The fraction of sp³-hybridized carbons (Fsp3) is 0.500. The average Bonchev–Trinajstić information content (AvgIpc) is 2.76. The van der Waals surface area contributed by atoms with Crippen LogP contribution in [0.5, 0.6) is 0 Å². The lowest BCUT2D eigenvalue weighted by Gasteiger charge is -2.14. The molecule has 0 bridgehead atoms. The number of rotatable bonds is 12. The van der Waals surface area contributed by atoms with Crippen LogP contribution in [0, 0.1) is 0 Å². The zero-order valence-electron chi connectivity index (χ0n) is 17.8. The van der Waals surface area contributed by atoms with Crippen LogP contribution >= 0.6 is 0 Å². The van der Waals surface area contributed by atoms with Crippen LogP contribution in [0.25, 0.3) is 17.0 Å². The molecule has 0 radical (unpaired) electrons. The van der Waals surface area contributed by atoms with Crippen LogP contribution in [0.4, 0.5) is 0 Å². The number of aromatic nitrogens is 1. The molecular weight excluding hydrogens is 382 g/mol. The maximum Gasteiger partial charge on any atom is 0.305 e. The van der Waals surface area contributed by atoms with E-state index in [1.807, 2.05) is 24.3 Å². The van der Waals surface area contributed by atoms with Crippen molar-refractivity contribution < 1.29 is 24.9 Å². The molecule has 0 amide bonds. The Morgan fingerprint density at radius 3 is 2.67 bits per heavy atom. The summed E-state index contributed by atoms with van der Waals surface area (Å²) in [6, 6.07) is 7.40. The van der Waals surface area contributed by atoms with E-state index in [1.165, 1.54) is 7.11 Å². The number of nitrogens with zero attached hydrogens (tertiary/aromatic N) is 1. The SMILES string of the molecule is CCCCC[C@H](O)[C@H](O)/C=C/c1ccnc2ccc(C(O)CCCC(=O)OC)cc12. The third-order valence-electron chi connectivity index (χ3n) is 5.24. The summed E-state index contributed by atoms with van der Waals surface area (Å²) in [6.45, 7) is 2.10. The summed E-state index contributed by atoms with van der Waals surface area (Å²) >= 11 is 0. The Labute approximate surface area is 178 Å². The standard InChI is InChI=1S/C24H33NO5/c1-3-4-5-7-22(27)23(28)13-11-17-14-15-25-20-12-10-18(16-19(17)20)21(26)8-6-9-24(29)30-2/h10-16,21-23,26-28H,3-9H2,1-2H3/b13-11+/t21?,22-,23+/m0/s1. The van der Waals surface area contributed by atoms with Gasteiger partial charge in [-0.2, -0.15) is 0 Å². The summed E-state index contributed by atoms with van der Waals surface area (Å²) in [5.41, 5.74) is 2.37. The number of pyridine rings is 1.